The van der Waals surface area contributed by atoms with Crippen LogP contribution in [0.5, 0.6) is 11.5 Å². The standard InChI is InChI=1S/C25H30N3O4PS/c1-16(34-15-33)22(14-26)25(30)28-9-7-19(8-10-28)32-20-12-17(11-18(13-20)24(27)29)21-5-3-4-6-23(21)31-2/h3-6,11-13,16,19,22H,7-10,15,33H2,1-2H3,(H2,27,29). The maximum absolute atomic E-state index is 12.9. The number of carbonyl (C=O) groups is 2. The molecular formula is C25H30N3O4PS. The Labute approximate surface area is 207 Å². The Morgan fingerprint density at radius 3 is 2.59 bits per heavy atom. The van der Waals surface area contributed by atoms with E-state index in [1.165, 1.54) is 0 Å². The molecule has 9 heteroatoms. The number of nitrogens with zero attached hydrogens (tertiary/aromatic N) is 2. The number of methoxy groups -OCH3 is 1. The molecule has 0 radical (unpaired) electrons. The van der Waals surface area contributed by atoms with Crippen LogP contribution in [0.15, 0.2) is 42.5 Å². The molecule has 7 nitrogen and oxygen atoms in total. The number of nitrogens with two attached hydrogens (primary N) is 1. The van der Waals surface area contributed by atoms with Crippen LogP contribution in [0.25, 0.3) is 11.1 Å². The summed E-state index contributed by atoms with van der Waals surface area (Å²) >= 11 is 1.59. The number of piperidine rings is 1. The zero-order valence-corrected chi connectivity index (χ0v) is 21.4. The number of nitriles is 1. The molecular weight excluding hydrogens is 469 g/mol. The molecule has 0 saturated carbocycles. The lowest BCUT2D eigenvalue weighted by atomic mass is 10.0. The summed E-state index contributed by atoms with van der Waals surface area (Å²) in [6, 6.07) is 15.0. The average molecular weight is 500 g/mol. The van der Waals surface area contributed by atoms with Gasteiger partial charge in [-0.05, 0) is 29.8 Å². The van der Waals surface area contributed by atoms with E-state index in [0.717, 1.165) is 16.6 Å². The van der Waals surface area contributed by atoms with Gasteiger partial charge in [0.2, 0.25) is 11.8 Å². The highest BCUT2D eigenvalue weighted by atomic mass is 32.2. The quantitative estimate of drug-likeness (QED) is 0.524. The summed E-state index contributed by atoms with van der Waals surface area (Å²) in [5.74, 6) is -0.0837. The summed E-state index contributed by atoms with van der Waals surface area (Å²) in [5.41, 5.74) is 8.31. The number of primary amides is 1. The molecule has 0 bridgehead atoms. The number of hydrogen-bond donors (Lipinski definition) is 1. The van der Waals surface area contributed by atoms with E-state index in [-0.39, 0.29) is 17.3 Å². The highest BCUT2D eigenvalue weighted by Crippen LogP contribution is 2.34. The molecule has 2 amide bonds. The molecule has 1 fully saturated rings. The second kappa shape index (κ2) is 12.1. The average Bonchev–Trinajstić information content (AvgIpc) is 2.84. The Kier molecular flexibility index (Phi) is 9.20. The van der Waals surface area contributed by atoms with Gasteiger partial charge in [-0.3, -0.25) is 9.59 Å². The van der Waals surface area contributed by atoms with Gasteiger partial charge >= 0.3 is 0 Å². The number of amides is 2. The summed E-state index contributed by atoms with van der Waals surface area (Å²) in [6.45, 7) is 2.96. The number of thioether (sulfide) groups is 1. The fourth-order valence-corrected chi connectivity index (χ4v) is 5.62. The first-order valence-corrected chi connectivity index (χ1v) is 13.0. The van der Waals surface area contributed by atoms with Gasteiger partial charge in [0.1, 0.15) is 23.5 Å². The molecule has 1 heterocycles. The van der Waals surface area contributed by atoms with Crippen molar-refractivity contribution in [2.24, 2.45) is 11.7 Å². The molecule has 0 aliphatic carbocycles. The van der Waals surface area contributed by atoms with E-state index in [1.54, 1.807) is 35.9 Å². The lowest BCUT2D eigenvalue weighted by Gasteiger charge is -2.34. The fraction of sp³-hybridized carbons (Fsp3) is 0.400. The van der Waals surface area contributed by atoms with E-state index < -0.39 is 11.8 Å². The summed E-state index contributed by atoms with van der Waals surface area (Å²) in [6.07, 6.45) is 1.16. The largest absolute Gasteiger partial charge is 0.496 e. The van der Waals surface area contributed by atoms with Crippen molar-refractivity contribution in [2.45, 2.75) is 31.1 Å². The second-order valence-corrected chi connectivity index (χ2v) is 10.5. The van der Waals surface area contributed by atoms with E-state index >= 15 is 0 Å². The van der Waals surface area contributed by atoms with Crippen LogP contribution in [0.1, 0.15) is 30.1 Å². The Morgan fingerprint density at radius 1 is 1.26 bits per heavy atom. The maximum atomic E-state index is 12.9. The molecule has 3 rings (SSSR count). The Bertz CT molecular complexity index is 1070. The molecule has 180 valence electrons. The molecule has 1 saturated heterocycles. The van der Waals surface area contributed by atoms with Gasteiger partial charge in [-0.15, -0.1) is 9.24 Å². The normalized spacial score (nSPS) is 15.8. The van der Waals surface area contributed by atoms with E-state index in [4.69, 9.17) is 15.2 Å². The fourth-order valence-electron chi connectivity index (χ4n) is 4.04. The number of ether oxygens (including phenoxy) is 2. The molecule has 34 heavy (non-hydrogen) atoms. The number of likely N-dealkylation sites (tertiary alicyclic amines) is 1. The maximum Gasteiger partial charge on any atom is 0.248 e. The van der Waals surface area contributed by atoms with Gasteiger partial charge in [0.25, 0.3) is 0 Å². The van der Waals surface area contributed by atoms with Gasteiger partial charge < -0.3 is 20.1 Å². The summed E-state index contributed by atoms with van der Waals surface area (Å²) in [5, 5.41) is 9.45. The van der Waals surface area contributed by atoms with Crippen molar-refractivity contribution in [2.75, 3.05) is 25.7 Å². The monoisotopic (exact) mass is 499 g/mol. The summed E-state index contributed by atoms with van der Waals surface area (Å²) in [7, 11) is 4.21. The first-order chi connectivity index (χ1) is 16.4. The minimum absolute atomic E-state index is 0.0612. The van der Waals surface area contributed by atoms with Crippen LogP contribution in [-0.4, -0.2) is 53.8 Å². The van der Waals surface area contributed by atoms with Crippen LogP contribution in [0.4, 0.5) is 0 Å². The van der Waals surface area contributed by atoms with Crippen LogP contribution >= 0.6 is 21.0 Å². The third-order valence-corrected chi connectivity index (χ3v) is 7.47. The zero-order chi connectivity index (χ0) is 24.7. The SMILES string of the molecule is COc1ccccc1-c1cc(OC2CCN(C(=O)C(C#N)C(C)SCP)CC2)cc(C(N)=O)c1. The van der Waals surface area contributed by atoms with Gasteiger partial charge in [0.15, 0.2) is 0 Å². The first-order valence-electron chi connectivity index (χ1n) is 11.1. The summed E-state index contributed by atoms with van der Waals surface area (Å²) in [4.78, 5) is 26.6. The van der Waals surface area contributed by atoms with Crippen molar-refractivity contribution < 1.29 is 19.1 Å². The van der Waals surface area contributed by atoms with Gasteiger partial charge in [-0.25, -0.2) is 0 Å². The van der Waals surface area contributed by atoms with Gasteiger partial charge in [0, 0.05) is 47.8 Å². The highest BCUT2D eigenvalue weighted by molar-refractivity contribution is 8.02. The second-order valence-electron chi connectivity index (χ2n) is 8.10. The molecule has 2 aromatic carbocycles. The smallest absolute Gasteiger partial charge is 0.248 e. The molecule has 3 unspecified atom stereocenters. The number of benzene rings is 2. The summed E-state index contributed by atoms with van der Waals surface area (Å²) < 4.78 is 11.7. The van der Waals surface area contributed by atoms with Crippen molar-refractivity contribution in [1.82, 2.24) is 4.90 Å². The van der Waals surface area contributed by atoms with E-state index in [9.17, 15) is 14.9 Å². The molecule has 1 aliphatic rings. The van der Waals surface area contributed by atoms with E-state index in [0.29, 0.717) is 43.0 Å². The third-order valence-electron chi connectivity index (χ3n) is 5.90. The molecule has 3 atom stereocenters. The molecule has 2 N–H and O–H groups in total. The van der Waals surface area contributed by atoms with Crippen molar-refractivity contribution in [1.29, 1.82) is 5.26 Å². The lowest BCUT2D eigenvalue weighted by molar-refractivity contribution is -0.135. The van der Waals surface area contributed by atoms with Crippen LogP contribution < -0.4 is 15.2 Å². The predicted molar refractivity (Wildman–Crippen MR) is 138 cm³/mol. The van der Waals surface area contributed by atoms with E-state index in [2.05, 4.69) is 15.3 Å². The Morgan fingerprint density at radius 2 is 1.97 bits per heavy atom. The molecule has 0 aromatic heterocycles. The Balaban J connectivity index is 1.72. The third kappa shape index (κ3) is 6.22. The van der Waals surface area contributed by atoms with Gasteiger partial charge in [-0.2, -0.15) is 17.0 Å². The van der Waals surface area contributed by atoms with Crippen LogP contribution in [0, 0.1) is 17.2 Å². The van der Waals surface area contributed by atoms with Crippen LogP contribution in [0.3, 0.4) is 0 Å². The van der Waals surface area contributed by atoms with Crippen molar-refractivity contribution in [3.63, 3.8) is 0 Å². The Hall–Kier alpha value is -2.75. The van der Waals surface area contributed by atoms with E-state index in [1.807, 2.05) is 37.3 Å². The van der Waals surface area contributed by atoms with Crippen LogP contribution in [0.2, 0.25) is 0 Å². The molecule has 1 aliphatic heterocycles. The number of para-hydroxylation sites is 1. The van der Waals surface area contributed by atoms with Crippen molar-refractivity contribution >= 4 is 32.8 Å². The lowest BCUT2D eigenvalue weighted by Crippen LogP contribution is -2.45. The van der Waals surface area contributed by atoms with Gasteiger partial charge in [0.05, 0.1) is 13.2 Å². The predicted octanol–water partition coefficient (Wildman–Crippen LogP) is 3.92. The number of hydrogen-bond acceptors (Lipinski definition) is 6. The van der Waals surface area contributed by atoms with Crippen molar-refractivity contribution in [3.05, 3.63) is 48.0 Å². The topological polar surface area (TPSA) is 106 Å². The molecule has 0 spiro atoms. The zero-order valence-electron chi connectivity index (χ0n) is 19.4. The molecule has 2 aromatic rings. The number of rotatable bonds is 9. The first kappa shape index (κ1) is 25.9. The minimum atomic E-state index is -0.654. The highest BCUT2D eigenvalue weighted by Gasteiger charge is 2.32. The van der Waals surface area contributed by atoms with Crippen molar-refractivity contribution in [3.8, 4) is 28.7 Å². The minimum Gasteiger partial charge on any atom is -0.496 e. The number of carbonyl (C=O) groups excluding carboxylic acids is 2. The van der Waals surface area contributed by atoms with Gasteiger partial charge in [-0.1, -0.05) is 25.1 Å². The van der Waals surface area contributed by atoms with Crippen LogP contribution in [-0.2, 0) is 4.79 Å².